The monoisotopic (exact) mass is 445 g/mol. The minimum atomic E-state index is -2.61. The van der Waals surface area contributed by atoms with Crippen LogP contribution >= 0.6 is 0 Å². The number of benzene rings is 1. The van der Waals surface area contributed by atoms with E-state index in [0.29, 0.717) is 11.2 Å². The summed E-state index contributed by atoms with van der Waals surface area (Å²) in [5.41, 5.74) is 1.59. The van der Waals surface area contributed by atoms with E-state index in [0.717, 1.165) is 37.2 Å². The third kappa shape index (κ3) is 5.15. The summed E-state index contributed by atoms with van der Waals surface area (Å²) in [6, 6.07) is 12.6. The maximum absolute atomic E-state index is 13.0. The minimum absolute atomic E-state index is 0.0827. The maximum Gasteiger partial charge on any atom is 0.281 e. The molecule has 0 unspecified atom stereocenters. The lowest BCUT2D eigenvalue weighted by atomic mass is 9.91. The normalized spacial score (nSPS) is 18.6. The van der Waals surface area contributed by atoms with E-state index in [-0.39, 0.29) is 30.2 Å². The standard InChI is InChI=1S/C23H26F3N5O/c24-12-13-27-16-6-4-15(5-7-16)23(32)29-18-10-8-17(9-11-18)28-20-2-1-3-21-30-19(22(25)26)14-31(20)21/h1-7,14,17-18,22,27-28H,8-13H2,(H,29,32)/t17-,18+. The summed E-state index contributed by atoms with van der Waals surface area (Å²) in [6.07, 6.45) is 2.10. The molecule has 1 aliphatic rings. The van der Waals surface area contributed by atoms with Crippen LogP contribution in [0.4, 0.5) is 24.7 Å². The summed E-state index contributed by atoms with van der Waals surface area (Å²) >= 11 is 0. The van der Waals surface area contributed by atoms with E-state index in [9.17, 15) is 18.0 Å². The molecule has 0 aliphatic heterocycles. The van der Waals surface area contributed by atoms with Crippen molar-refractivity contribution in [3.63, 3.8) is 0 Å². The highest BCUT2D eigenvalue weighted by Crippen LogP contribution is 2.25. The van der Waals surface area contributed by atoms with E-state index >= 15 is 0 Å². The lowest BCUT2D eigenvalue weighted by Gasteiger charge is -2.30. The van der Waals surface area contributed by atoms with Crippen molar-refractivity contribution in [2.75, 3.05) is 23.9 Å². The molecule has 3 N–H and O–H groups in total. The molecule has 0 atom stereocenters. The van der Waals surface area contributed by atoms with Gasteiger partial charge in [-0.3, -0.25) is 9.20 Å². The Labute approximate surface area is 184 Å². The quantitative estimate of drug-likeness (QED) is 0.466. The largest absolute Gasteiger partial charge is 0.382 e. The van der Waals surface area contributed by atoms with Crippen LogP contribution in [0.15, 0.2) is 48.7 Å². The summed E-state index contributed by atoms with van der Waals surface area (Å²) < 4.78 is 39.9. The van der Waals surface area contributed by atoms with Gasteiger partial charge in [-0.25, -0.2) is 18.2 Å². The molecule has 3 aromatic rings. The van der Waals surface area contributed by atoms with Gasteiger partial charge in [0.05, 0.1) is 0 Å². The van der Waals surface area contributed by atoms with Crippen molar-refractivity contribution in [3.05, 3.63) is 59.9 Å². The molecule has 32 heavy (non-hydrogen) atoms. The summed E-state index contributed by atoms with van der Waals surface area (Å²) in [5.74, 6) is 0.608. The number of carbonyl (C=O) groups excluding carboxylic acids is 1. The van der Waals surface area contributed by atoms with Crippen LogP contribution in [0.5, 0.6) is 0 Å². The molecule has 0 saturated heterocycles. The molecule has 2 heterocycles. The van der Waals surface area contributed by atoms with Crippen LogP contribution in [-0.2, 0) is 0 Å². The van der Waals surface area contributed by atoms with Crippen molar-refractivity contribution in [1.82, 2.24) is 14.7 Å². The molecular weight excluding hydrogens is 419 g/mol. The highest BCUT2D eigenvalue weighted by atomic mass is 19.3. The van der Waals surface area contributed by atoms with Crippen molar-refractivity contribution in [1.29, 1.82) is 0 Å². The second-order valence-electron chi connectivity index (χ2n) is 7.97. The number of imidazole rings is 1. The molecule has 1 aliphatic carbocycles. The maximum atomic E-state index is 13.0. The summed E-state index contributed by atoms with van der Waals surface area (Å²) in [6.45, 7) is -0.209. The molecule has 0 radical (unpaired) electrons. The van der Waals surface area contributed by atoms with Crippen LogP contribution < -0.4 is 16.0 Å². The zero-order valence-electron chi connectivity index (χ0n) is 17.5. The van der Waals surface area contributed by atoms with E-state index < -0.39 is 13.1 Å². The van der Waals surface area contributed by atoms with E-state index in [1.54, 1.807) is 40.8 Å². The first kappa shape index (κ1) is 22.0. The van der Waals surface area contributed by atoms with Crippen molar-refractivity contribution in [3.8, 4) is 0 Å². The van der Waals surface area contributed by atoms with Gasteiger partial charge in [-0.05, 0) is 62.1 Å². The fraction of sp³-hybridized carbons (Fsp3) is 0.391. The molecule has 2 aromatic heterocycles. The fourth-order valence-corrected chi connectivity index (χ4v) is 4.04. The van der Waals surface area contributed by atoms with E-state index in [1.807, 2.05) is 6.07 Å². The number of hydrogen-bond acceptors (Lipinski definition) is 4. The number of amides is 1. The second-order valence-corrected chi connectivity index (χ2v) is 7.97. The second kappa shape index (κ2) is 9.93. The van der Waals surface area contributed by atoms with Crippen molar-refractivity contribution >= 4 is 23.1 Å². The van der Waals surface area contributed by atoms with Gasteiger partial charge in [-0.1, -0.05) is 6.07 Å². The number of carbonyl (C=O) groups is 1. The van der Waals surface area contributed by atoms with Gasteiger partial charge in [0.2, 0.25) is 0 Å². The lowest BCUT2D eigenvalue weighted by Crippen LogP contribution is -2.40. The highest BCUT2D eigenvalue weighted by Gasteiger charge is 2.23. The molecular formula is C23H26F3N5O. The number of aromatic nitrogens is 2. The Morgan fingerprint density at radius 1 is 1.06 bits per heavy atom. The molecule has 1 fully saturated rings. The Kier molecular flexibility index (Phi) is 6.82. The third-order valence-corrected chi connectivity index (χ3v) is 5.72. The van der Waals surface area contributed by atoms with Gasteiger partial charge in [0, 0.05) is 36.1 Å². The Hall–Kier alpha value is -3.23. The van der Waals surface area contributed by atoms with Gasteiger partial charge in [0.1, 0.15) is 23.8 Å². The van der Waals surface area contributed by atoms with Gasteiger partial charge < -0.3 is 16.0 Å². The molecule has 1 saturated carbocycles. The Morgan fingerprint density at radius 2 is 1.78 bits per heavy atom. The van der Waals surface area contributed by atoms with Crippen molar-refractivity contribution < 1.29 is 18.0 Å². The van der Waals surface area contributed by atoms with Crippen molar-refractivity contribution in [2.45, 2.75) is 44.2 Å². The van der Waals surface area contributed by atoms with Crippen LogP contribution in [0.1, 0.15) is 48.2 Å². The van der Waals surface area contributed by atoms with Crippen molar-refractivity contribution in [2.24, 2.45) is 0 Å². The average Bonchev–Trinajstić information content (AvgIpc) is 3.25. The number of hydrogen-bond donors (Lipinski definition) is 3. The fourth-order valence-electron chi connectivity index (χ4n) is 4.04. The smallest absolute Gasteiger partial charge is 0.281 e. The van der Waals surface area contributed by atoms with Gasteiger partial charge in [-0.15, -0.1) is 0 Å². The van der Waals surface area contributed by atoms with Gasteiger partial charge >= 0.3 is 0 Å². The molecule has 6 nitrogen and oxygen atoms in total. The van der Waals surface area contributed by atoms with E-state index in [2.05, 4.69) is 20.9 Å². The number of anilines is 2. The first-order valence-electron chi connectivity index (χ1n) is 10.8. The van der Waals surface area contributed by atoms with E-state index in [1.165, 1.54) is 6.20 Å². The molecule has 1 amide bonds. The van der Waals surface area contributed by atoms with E-state index in [4.69, 9.17) is 0 Å². The summed E-state index contributed by atoms with van der Waals surface area (Å²) in [7, 11) is 0. The van der Waals surface area contributed by atoms with Crippen LogP contribution in [0.25, 0.3) is 5.65 Å². The van der Waals surface area contributed by atoms with Gasteiger partial charge in [0.25, 0.3) is 12.3 Å². The number of nitrogens with one attached hydrogen (secondary N) is 3. The van der Waals surface area contributed by atoms with Gasteiger partial charge in [-0.2, -0.15) is 0 Å². The zero-order valence-corrected chi connectivity index (χ0v) is 17.5. The molecule has 0 spiro atoms. The molecule has 0 bridgehead atoms. The highest BCUT2D eigenvalue weighted by molar-refractivity contribution is 5.94. The number of nitrogens with zero attached hydrogens (tertiary/aromatic N) is 2. The zero-order chi connectivity index (χ0) is 22.5. The molecule has 9 heteroatoms. The topological polar surface area (TPSA) is 70.5 Å². The molecule has 170 valence electrons. The van der Waals surface area contributed by atoms with Crippen LogP contribution in [0.3, 0.4) is 0 Å². The van der Waals surface area contributed by atoms with Crippen LogP contribution in [0.2, 0.25) is 0 Å². The predicted octanol–water partition coefficient (Wildman–Crippen LogP) is 4.81. The van der Waals surface area contributed by atoms with Gasteiger partial charge in [0.15, 0.2) is 0 Å². The number of alkyl halides is 3. The van der Waals surface area contributed by atoms with Crippen LogP contribution in [0, 0.1) is 0 Å². The Bertz CT molecular complexity index is 1050. The van der Waals surface area contributed by atoms with Crippen LogP contribution in [-0.4, -0.2) is 40.6 Å². The third-order valence-electron chi connectivity index (χ3n) is 5.72. The number of rotatable bonds is 8. The first-order valence-corrected chi connectivity index (χ1v) is 10.8. The average molecular weight is 445 g/mol. The Balaban J connectivity index is 1.30. The molecule has 4 rings (SSSR count). The number of fused-ring (bicyclic) bond motifs is 1. The Morgan fingerprint density at radius 3 is 2.47 bits per heavy atom. The predicted molar refractivity (Wildman–Crippen MR) is 118 cm³/mol. The number of pyridine rings is 1. The lowest BCUT2D eigenvalue weighted by molar-refractivity contribution is 0.0926. The minimum Gasteiger partial charge on any atom is -0.382 e. The molecule has 1 aromatic carbocycles. The number of halogens is 3. The SMILES string of the molecule is O=C(N[C@H]1CC[C@@H](Nc2cccc3nc(C(F)F)cn23)CC1)c1ccc(NCCF)cc1. The first-order chi connectivity index (χ1) is 15.5. The summed E-state index contributed by atoms with van der Waals surface area (Å²) in [5, 5.41) is 9.45. The summed E-state index contributed by atoms with van der Waals surface area (Å²) in [4.78, 5) is 16.5.